The first-order valence-electron chi connectivity index (χ1n) is 12.0. The van der Waals surface area contributed by atoms with E-state index in [4.69, 9.17) is 5.73 Å². The lowest BCUT2D eigenvalue weighted by Gasteiger charge is -2.46. The Kier molecular flexibility index (Phi) is 7.58. The van der Waals surface area contributed by atoms with E-state index in [1.54, 1.807) is 56.0 Å². The number of urea groups is 1. The molecule has 1 aliphatic heterocycles. The molecule has 4 rings (SSSR count). The van der Waals surface area contributed by atoms with Gasteiger partial charge in [0, 0.05) is 31.3 Å². The second-order valence-electron chi connectivity index (χ2n) is 8.86. The van der Waals surface area contributed by atoms with Crippen molar-refractivity contribution in [1.29, 1.82) is 0 Å². The smallest absolute Gasteiger partial charge is 0.325 e. The summed E-state index contributed by atoms with van der Waals surface area (Å²) in [5.74, 6) is -1.10. The number of aromatic nitrogens is 2. The van der Waals surface area contributed by atoms with Crippen LogP contribution in [0.3, 0.4) is 0 Å². The van der Waals surface area contributed by atoms with Crippen LogP contribution in [0.1, 0.15) is 36.9 Å². The number of nitrogens with zero attached hydrogens (tertiary/aromatic N) is 4. The van der Waals surface area contributed by atoms with E-state index in [9.17, 15) is 14.4 Å². The van der Waals surface area contributed by atoms with Gasteiger partial charge in [-0.3, -0.25) is 19.5 Å². The first-order chi connectivity index (χ1) is 17.4. The van der Waals surface area contributed by atoms with E-state index in [1.807, 2.05) is 31.2 Å². The molecule has 3 aromatic rings. The number of hydrogen-bond donors (Lipinski definition) is 2. The molecular weight excluding hydrogens is 456 g/mol. The number of imide groups is 1. The van der Waals surface area contributed by atoms with E-state index >= 15 is 0 Å². The van der Waals surface area contributed by atoms with Gasteiger partial charge in [0.25, 0.3) is 5.91 Å². The third kappa shape index (κ3) is 5.19. The Morgan fingerprint density at radius 1 is 1.14 bits per heavy atom. The molecule has 1 aromatic carbocycles. The van der Waals surface area contributed by atoms with Gasteiger partial charge in [-0.1, -0.05) is 37.6 Å². The van der Waals surface area contributed by atoms with Crippen molar-refractivity contribution in [1.82, 2.24) is 20.2 Å². The Morgan fingerprint density at radius 2 is 1.92 bits per heavy atom. The lowest BCUT2D eigenvalue weighted by Crippen LogP contribution is -2.70. The highest BCUT2D eigenvalue weighted by Gasteiger charge is 2.55. The molecule has 1 aliphatic rings. The molecule has 9 heteroatoms. The van der Waals surface area contributed by atoms with Crippen LogP contribution in [-0.4, -0.2) is 45.8 Å². The van der Waals surface area contributed by atoms with Crippen LogP contribution < -0.4 is 16.0 Å². The van der Waals surface area contributed by atoms with Crippen LogP contribution in [0.2, 0.25) is 0 Å². The van der Waals surface area contributed by atoms with Crippen molar-refractivity contribution in [2.45, 2.75) is 38.3 Å². The standard InChI is InChI=1S/C27H30N6O3/c1-3-8-22(19-9-7-13-29-17-19)31-27(36)33-24(26(35)32(2)20-10-5-4-6-11-20)21(25(33)34)15-18-12-14-30-23(28)16-18/h4-7,9-14,16-17,21-22,24H,3,8,15H2,1-2H3,(H2,28,30)(H,31,36)/t21-,22+,24?/m1/s1. The van der Waals surface area contributed by atoms with Crippen LogP contribution in [0.4, 0.5) is 16.3 Å². The maximum absolute atomic E-state index is 13.6. The normalized spacial score (nSPS) is 17.7. The van der Waals surface area contributed by atoms with Gasteiger partial charge < -0.3 is 16.0 Å². The van der Waals surface area contributed by atoms with E-state index in [2.05, 4.69) is 15.3 Å². The van der Waals surface area contributed by atoms with Crippen molar-refractivity contribution >= 4 is 29.4 Å². The van der Waals surface area contributed by atoms with Gasteiger partial charge in [-0.25, -0.2) is 9.78 Å². The lowest BCUT2D eigenvalue weighted by atomic mass is 9.81. The maximum atomic E-state index is 13.6. The van der Waals surface area contributed by atoms with Crippen LogP contribution in [0, 0.1) is 5.92 Å². The van der Waals surface area contributed by atoms with Crippen LogP contribution in [-0.2, 0) is 16.0 Å². The summed E-state index contributed by atoms with van der Waals surface area (Å²) >= 11 is 0. The largest absolute Gasteiger partial charge is 0.384 e. The molecule has 0 bridgehead atoms. The first-order valence-corrected chi connectivity index (χ1v) is 12.0. The number of carbonyl (C=O) groups is 3. The van der Waals surface area contributed by atoms with Crippen LogP contribution >= 0.6 is 0 Å². The number of nitrogens with two attached hydrogens (primary N) is 1. The number of nitrogen functional groups attached to an aromatic ring is 1. The second-order valence-corrected chi connectivity index (χ2v) is 8.86. The average Bonchev–Trinajstić information content (AvgIpc) is 2.90. The zero-order chi connectivity index (χ0) is 25.7. The molecule has 0 radical (unpaired) electrons. The molecule has 1 saturated heterocycles. The molecule has 186 valence electrons. The van der Waals surface area contributed by atoms with E-state index in [1.165, 1.54) is 4.90 Å². The Hall–Kier alpha value is -4.27. The lowest BCUT2D eigenvalue weighted by molar-refractivity contribution is -0.156. The molecule has 3 N–H and O–H groups in total. The number of β-lactam (4-membered cyclic amide) rings is 1. The van der Waals surface area contributed by atoms with E-state index in [0.29, 0.717) is 17.9 Å². The molecular formula is C27H30N6O3. The number of anilines is 2. The number of benzene rings is 1. The van der Waals surface area contributed by atoms with Gasteiger partial charge in [0.05, 0.1) is 12.0 Å². The molecule has 3 heterocycles. The van der Waals surface area contributed by atoms with E-state index in [0.717, 1.165) is 22.4 Å². The van der Waals surface area contributed by atoms with Crippen molar-refractivity contribution < 1.29 is 14.4 Å². The van der Waals surface area contributed by atoms with Crippen LogP contribution in [0.5, 0.6) is 0 Å². The molecule has 4 amide bonds. The van der Waals surface area contributed by atoms with Crippen LogP contribution in [0.15, 0.2) is 73.2 Å². The molecule has 9 nitrogen and oxygen atoms in total. The van der Waals surface area contributed by atoms with Crippen LogP contribution in [0.25, 0.3) is 0 Å². The molecule has 2 aromatic heterocycles. The molecule has 1 fully saturated rings. The average molecular weight is 487 g/mol. The van der Waals surface area contributed by atoms with Gasteiger partial charge in [-0.15, -0.1) is 0 Å². The number of rotatable bonds is 8. The van der Waals surface area contributed by atoms with Crippen molar-refractivity contribution in [3.05, 3.63) is 84.3 Å². The summed E-state index contributed by atoms with van der Waals surface area (Å²) in [6, 6.07) is 14.4. The zero-order valence-electron chi connectivity index (χ0n) is 20.4. The fourth-order valence-corrected chi connectivity index (χ4v) is 4.52. The third-order valence-electron chi connectivity index (χ3n) is 6.42. The van der Waals surface area contributed by atoms with Crippen molar-refractivity contribution in [3.63, 3.8) is 0 Å². The number of nitrogens with one attached hydrogen (secondary N) is 1. The van der Waals surface area contributed by atoms with Crippen molar-refractivity contribution in [2.24, 2.45) is 5.92 Å². The predicted molar refractivity (Wildman–Crippen MR) is 137 cm³/mol. The Morgan fingerprint density at radius 3 is 2.58 bits per heavy atom. The van der Waals surface area contributed by atoms with Gasteiger partial charge in [0.1, 0.15) is 11.9 Å². The number of likely N-dealkylation sites (N-methyl/N-ethyl adjacent to an activating group) is 1. The Balaban J connectivity index is 1.60. The quantitative estimate of drug-likeness (QED) is 0.471. The number of likely N-dealkylation sites (tertiary alicyclic amines) is 1. The maximum Gasteiger partial charge on any atom is 0.325 e. The minimum atomic E-state index is -0.951. The van der Waals surface area contributed by atoms with Gasteiger partial charge >= 0.3 is 6.03 Å². The summed E-state index contributed by atoms with van der Waals surface area (Å²) in [6.45, 7) is 2.02. The second kappa shape index (κ2) is 11.0. The Bertz CT molecular complexity index is 1220. The molecule has 0 saturated carbocycles. The summed E-state index contributed by atoms with van der Waals surface area (Å²) in [6.07, 6.45) is 6.68. The van der Waals surface area contributed by atoms with Gasteiger partial charge in [-0.2, -0.15) is 0 Å². The van der Waals surface area contributed by atoms with Gasteiger partial charge in [0.15, 0.2) is 0 Å². The SMILES string of the molecule is CCC[C@H](NC(=O)N1C(=O)[C@H](Cc2ccnc(N)c2)C1C(=O)N(C)c1ccccc1)c1cccnc1. The minimum Gasteiger partial charge on any atom is -0.384 e. The molecule has 0 aliphatic carbocycles. The highest BCUT2D eigenvalue weighted by Crippen LogP contribution is 2.33. The van der Waals surface area contributed by atoms with Gasteiger partial charge in [0.2, 0.25) is 5.91 Å². The molecule has 36 heavy (non-hydrogen) atoms. The van der Waals surface area contributed by atoms with Crippen molar-refractivity contribution in [2.75, 3.05) is 17.7 Å². The Labute approximate surface area is 210 Å². The summed E-state index contributed by atoms with van der Waals surface area (Å²) in [5, 5.41) is 2.95. The monoisotopic (exact) mass is 486 g/mol. The third-order valence-corrected chi connectivity index (χ3v) is 6.42. The fraction of sp³-hybridized carbons (Fsp3) is 0.296. The summed E-state index contributed by atoms with van der Waals surface area (Å²) in [7, 11) is 1.65. The van der Waals surface area contributed by atoms with Gasteiger partial charge in [-0.05, 0) is 54.3 Å². The van der Waals surface area contributed by atoms with Crippen molar-refractivity contribution in [3.8, 4) is 0 Å². The topological polar surface area (TPSA) is 122 Å². The highest BCUT2D eigenvalue weighted by molar-refractivity contribution is 6.12. The number of amides is 4. The molecule has 1 unspecified atom stereocenters. The molecule has 3 atom stereocenters. The number of para-hydroxylation sites is 1. The number of hydrogen-bond acceptors (Lipinski definition) is 6. The first kappa shape index (κ1) is 24.8. The number of carbonyl (C=O) groups excluding carboxylic acids is 3. The summed E-state index contributed by atoms with van der Waals surface area (Å²) in [5.41, 5.74) is 8.10. The zero-order valence-corrected chi connectivity index (χ0v) is 20.4. The number of pyridine rings is 2. The van der Waals surface area contributed by atoms with E-state index in [-0.39, 0.29) is 18.4 Å². The summed E-state index contributed by atoms with van der Waals surface area (Å²) < 4.78 is 0. The predicted octanol–water partition coefficient (Wildman–Crippen LogP) is 3.34. The minimum absolute atomic E-state index is 0.273. The van der Waals surface area contributed by atoms with E-state index < -0.39 is 23.9 Å². The molecule has 0 spiro atoms. The highest BCUT2D eigenvalue weighted by atomic mass is 16.2. The fourth-order valence-electron chi connectivity index (χ4n) is 4.52. The summed E-state index contributed by atoms with van der Waals surface area (Å²) in [4.78, 5) is 51.0.